The second kappa shape index (κ2) is 6.26. The molecule has 0 radical (unpaired) electrons. The van der Waals surface area contributed by atoms with Gasteiger partial charge in [-0.05, 0) is 24.7 Å². The van der Waals surface area contributed by atoms with E-state index in [1.807, 2.05) is 6.07 Å². The number of fused-ring (bicyclic) bond motifs is 1. The number of hydrogen-bond donors (Lipinski definition) is 2. The lowest BCUT2D eigenvalue weighted by molar-refractivity contribution is -0.384. The summed E-state index contributed by atoms with van der Waals surface area (Å²) < 4.78 is 0. The van der Waals surface area contributed by atoms with E-state index in [9.17, 15) is 10.1 Å². The fourth-order valence-corrected chi connectivity index (χ4v) is 3.13. The van der Waals surface area contributed by atoms with Gasteiger partial charge in [0.2, 0.25) is 0 Å². The highest BCUT2D eigenvalue weighted by molar-refractivity contribution is 5.80. The number of nitro groups is 1. The van der Waals surface area contributed by atoms with E-state index >= 15 is 0 Å². The Morgan fingerprint density at radius 1 is 1.28 bits per heavy atom. The molecule has 1 aliphatic heterocycles. The number of benzene rings is 1. The van der Waals surface area contributed by atoms with Gasteiger partial charge in [0.25, 0.3) is 0 Å². The van der Waals surface area contributed by atoms with Gasteiger partial charge in [0, 0.05) is 32.7 Å². The van der Waals surface area contributed by atoms with Gasteiger partial charge >= 0.3 is 5.69 Å². The molecule has 1 saturated heterocycles. The molecule has 0 saturated carbocycles. The quantitative estimate of drug-likeness (QED) is 0.551. The zero-order chi connectivity index (χ0) is 17.4. The Morgan fingerprint density at radius 3 is 2.84 bits per heavy atom. The fourth-order valence-electron chi connectivity index (χ4n) is 3.13. The fraction of sp³-hybridized carbons (Fsp3) is 0.375. The number of rotatable bonds is 4. The van der Waals surface area contributed by atoms with Crippen LogP contribution in [-0.2, 0) is 6.54 Å². The molecule has 1 aromatic carbocycles. The van der Waals surface area contributed by atoms with Gasteiger partial charge in [0.15, 0.2) is 11.5 Å². The molecule has 2 N–H and O–H groups in total. The van der Waals surface area contributed by atoms with Crippen LogP contribution in [0, 0.1) is 10.1 Å². The molecule has 130 valence electrons. The summed E-state index contributed by atoms with van der Waals surface area (Å²) in [6, 6.07) is 6.07. The first kappa shape index (κ1) is 15.7. The minimum absolute atomic E-state index is 0.0864. The topological polar surface area (TPSA) is 107 Å². The predicted molar refractivity (Wildman–Crippen MR) is 93.1 cm³/mol. The SMILES string of the molecule is CN1CCN(Cc2ccc3nc(-c4[nH]ncc4[N+](=O)[O-])[nH]c3c2)CC1. The van der Waals surface area contributed by atoms with Crippen molar-refractivity contribution in [3.8, 4) is 11.5 Å². The molecule has 0 spiro atoms. The molecule has 4 rings (SSSR count). The molecule has 0 aliphatic carbocycles. The zero-order valence-electron chi connectivity index (χ0n) is 13.9. The van der Waals surface area contributed by atoms with Gasteiger partial charge in [-0.25, -0.2) is 4.98 Å². The highest BCUT2D eigenvalue weighted by Gasteiger charge is 2.21. The summed E-state index contributed by atoms with van der Waals surface area (Å²) in [4.78, 5) is 23.0. The van der Waals surface area contributed by atoms with Crippen LogP contribution in [0.15, 0.2) is 24.4 Å². The lowest BCUT2D eigenvalue weighted by Crippen LogP contribution is -2.43. The van der Waals surface area contributed by atoms with Crippen molar-refractivity contribution in [1.29, 1.82) is 0 Å². The first-order valence-corrected chi connectivity index (χ1v) is 8.18. The number of likely N-dealkylation sites (N-methyl/N-ethyl adjacent to an activating group) is 1. The van der Waals surface area contributed by atoms with Crippen LogP contribution in [0.4, 0.5) is 5.69 Å². The van der Waals surface area contributed by atoms with E-state index in [4.69, 9.17) is 0 Å². The number of aromatic nitrogens is 4. The summed E-state index contributed by atoms with van der Waals surface area (Å²) in [6.07, 6.45) is 1.20. The number of hydrogen-bond acceptors (Lipinski definition) is 6. The monoisotopic (exact) mass is 341 g/mol. The minimum atomic E-state index is -0.467. The van der Waals surface area contributed by atoms with Crippen LogP contribution in [0.5, 0.6) is 0 Å². The van der Waals surface area contributed by atoms with Gasteiger partial charge in [-0.1, -0.05) is 6.07 Å². The van der Waals surface area contributed by atoms with Crippen molar-refractivity contribution in [3.63, 3.8) is 0 Å². The Balaban J connectivity index is 1.59. The normalized spacial score (nSPS) is 16.5. The third-order valence-corrected chi connectivity index (χ3v) is 4.60. The van der Waals surface area contributed by atoms with Gasteiger partial charge in [0.1, 0.15) is 6.20 Å². The van der Waals surface area contributed by atoms with Gasteiger partial charge in [-0.3, -0.25) is 20.1 Å². The number of aromatic amines is 2. The molecule has 25 heavy (non-hydrogen) atoms. The zero-order valence-corrected chi connectivity index (χ0v) is 13.9. The molecule has 2 aromatic heterocycles. The van der Waals surface area contributed by atoms with Crippen molar-refractivity contribution in [2.45, 2.75) is 6.54 Å². The standard InChI is InChI=1S/C16H19N7O2/c1-21-4-6-22(7-5-21)10-11-2-3-12-13(8-11)19-16(18-12)15-14(23(24)25)9-17-20-15/h2-3,8-9H,4-7,10H2,1H3,(H,17,20)(H,18,19). The van der Waals surface area contributed by atoms with Crippen LogP contribution in [-0.4, -0.2) is 68.1 Å². The maximum Gasteiger partial charge on any atom is 0.317 e. The van der Waals surface area contributed by atoms with Crippen LogP contribution in [0.3, 0.4) is 0 Å². The van der Waals surface area contributed by atoms with Crippen molar-refractivity contribution in [2.75, 3.05) is 33.2 Å². The van der Waals surface area contributed by atoms with Gasteiger partial charge in [-0.15, -0.1) is 0 Å². The third kappa shape index (κ3) is 3.11. The Hall–Kier alpha value is -2.78. The largest absolute Gasteiger partial charge is 0.336 e. The Morgan fingerprint density at radius 2 is 2.08 bits per heavy atom. The lowest BCUT2D eigenvalue weighted by Gasteiger charge is -2.32. The third-order valence-electron chi connectivity index (χ3n) is 4.60. The molecule has 0 bridgehead atoms. The average Bonchev–Trinajstić information content (AvgIpc) is 3.22. The number of imidazole rings is 1. The molecule has 0 amide bonds. The van der Waals surface area contributed by atoms with Crippen LogP contribution >= 0.6 is 0 Å². The van der Waals surface area contributed by atoms with Crippen LogP contribution in [0.25, 0.3) is 22.6 Å². The molecule has 0 unspecified atom stereocenters. The first-order chi connectivity index (χ1) is 12.1. The Labute approximate surface area is 143 Å². The Bertz CT molecular complexity index is 908. The first-order valence-electron chi connectivity index (χ1n) is 8.18. The van der Waals surface area contributed by atoms with Gasteiger partial charge in [-0.2, -0.15) is 5.10 Å². The molecule has 3 aromatic rings. The summed E-state index contributed by atoms with van der Waals surface area (Å²) in [5.74, 6) is 0.427. The second-order valence-corrected chi connectivity index (χ2v) is 6.40. The Kier molecular flexibility index (Phi) is 3.94. The minimum Gasteiger partial charge on any atom is -0.336 e. The van der Waals surface area contributed by atoms with E-state index in [0.717, 1.165) is 43.8 Å². The molecular formula is C16H19N7O2. The second-order valence-electron chi connectivity index (χ2n) is 6.40. The van der Waals surface area contributed by atoms with Crippen LogP contribution in [0.1, 0.15) is 5.56 Å². The summed E-state index contributed by atoms with van der Waals surface area (Å²) in [5.41, 5.74) is 3.05. The summed E-state index contributed by atoms with van der Waals surface area (Å²) >= 11 is 0. The lowest BCUT2D eigenvalue weighted by atomic mass is 10.1. The number of H-pyrrole nitrogens is 2. The molecule has 3 heterocycles. The maximum absolute atomic E-state index is 11.1. The number of nitrogens with zero attached hydrogens (tertiary/aromatic N) is 5. The summed E-state index contributed by atoms with van der Waals surface area (Å²) in [5, 5.41) is 17.5. The highest BCUT2D eigenvalue weighted by atomic mass is 16.6. The van der Waals surface area contributed by atoms with Gasteiger partial charge in [0.05, 0.1) is 16.0 Å². The summed E-state index contributed by atoms with van der Waals surface area (Å²) in [7, 11) is 2.14. The van der Waals surface area contributed by atoms with E-state index in [2.05, 4.69) is 49.1 Å². The number of piperazine rings is 1. The van der Waals surface area contributed by atoms with Crippen molar-refractivity contribution in [3.05, 3.63) is 40.1 Å². The van der Waals surface area contributed by atoms with E-state index in [1.165, 1.54) is 11.8 Å². The number of nitrogens with one attached hydrogen (secondary N) is 2. The van der Waals surface area contributed by atoms with E-state index in [-0.39, 0.29) is 5.69 Å². The average molecular weight is 341 g/mol. The molecule has 9 heteroatoms. The maximum atomic E-state index is 11.1. The van der Waals surface area contributed by atoms with E-state index in [0.29, 0.717) is 11.5 Å². The van der Waals surface area contributed by atoms with E-state index in [1.54, 1.807) is 0 Å². The van der Waals surface area contributed by atoms with Crippen LogP contribution < -0.4 is 0 Å². The van der Waals surface area contributed by atoms with Crippen LogP contribution in [0.2, 0.25) is 0 Å². The molecule has 1 fully saturated rings. The van der Waals surface area contributed by atoms with E-state index < -0.39 is 4.92 Å². The molecule has 9 nitrogen and oxygen atoms in total. The summed E-state index contributed by atoms with van der Waals surface area (Å²) in [6.45, 7) is 5.18. The van der Waals surface area contributed by atoms with Crippen molar-refractivity contribution < 1.29 is 4.92 Å². The smallest absolute Gasteiger partial charge is 0.317 e. The molecule has 1 aliphatic rings. The highest BCUT2D eigenvalue weighted by Crippen LogP contribution is 2.27. The molecule has 0 atom stereocenters. The van der Waals surface area contributed by atoms with Crippen molar-refractivity contribution in [2.24, 2.45) is 0 Å². The van der Waals surface area contributed by atoms with Crippen molar-refractivity contribution in [1.82, 2.24) is 30.0 Å². The van der Waals surface area contributed by atoms with Gasteiger partial charge < -0.3 is 9.88 Å². The predicted octanol–water partition coefficient (Wildman–Crippen LogP) is 1.61. The molecular weight excluding hydrogens is 322 g/mol. The van der Waals surface area contributed by atoms with Crippen molar-refractivity contribution >= 4 is 16.7 Å².